The van der Waals surface area contributed by atoms with Crippen molar-refractivity contribution in [3.8, 4) is 0 Å². The van der Waals surface area contributed by atoms with Gasteiger partial charge in [0.15, 0.2) is 5.78 Å². The van der Waals surface area contributed by atoms with Crippen molar-refractivity contribution in [2.24, 2.45) is 0 Å². The largest absolute Gasteiger partial charge is 0.433 e. The summed E-state index contributed by atoms with van der Waals surface area (Å²) in [5.74, 6) is -0.413. The highest BCUT2D eigenvalue weighted by molar-refractivity contribution is 6.32. The summed E-state index contributed by atoms with van der Waals surface area (Å²) in [6, 6.07) is 8.34. The number of hydrogen-bond donors (Lipinski definition) is 0. The zero-order chi connectivity index (χ0) is 15.6. The average molecular weight is 334 g/mol. The Morgan fingerprint density at radius 1 is 1.05 bits per heavy atom. The number of carbonyl (C=O) groups is 1. The summed E-state index contributed by atoms with van der Waals surface area (Å²) >= 11 is 11.4. The van der Waals surface area contributed by atoms with Crippen LogP contribution in [0.15, 0.2) is 36.4 Å². The highest BCUT2D eigenvalue weighted by Gasteiger charge is 2.33. The topological polar surface area (TPSA) is 30.0 Å². The van der Waals surface area contributed by atoms with E-state index in [4.69, 9.17) is 23.2 Å². The molecule has 21 heavy (non-hydrogen) atoms. The van der Waals surface area contributed by atoms with E-state index in [1.54, 1.807) is 24.3 Å². The van der Waals surface area contributed by atoms with Gasteiger partial charge in [0.05, 0.1) is 5.56 Å². The minimum Gasteiger partial charge on any atom is -0.294 e. The molecule has 0 atom stereocenters. The SMILES string of the molecule is O=C(Cc1ccc(Cl)cc1)c1ccc(C(F)(F)F)nc1Cl. The van der Waals surface area contributed by atoms with Gasteiger partial charge in [0.25, 0.3) is 0 Å². The Balaban J connectivity index is 2.22. The first-order valence-corrected chi connectivity index (χ1v) is 6.54. The fraction of sp³-hybridized carbons (Fsp3) is 0.143. The lowest BCUT2D eigenvalue weighted by molar-refractivity contribution is -0.141. The molecule has 0 N–H and O–H groups in total. The highest BCUT2D eigenvalue weighted by Crippen LogP contribution is 2.29. The monoisotopic (exact) mass is 333 g/mol. The fourth-order valence-electron chi connectivity index (χ4n) is 1.68. The Bertz CT molecular complexity index is 669. The quantitative estimate of drug-likeness (QED) is 0.594. The van der Waals surface area contributed by atoms with Crippen molar-refractivity contribution in [2.45, 2.75) is 12.6 Å². The van der Waals surface area contributed by atoms with Gasteiger partial charge < -0.3 is 0 Å². The molecule has 1 heterocycles. The summed E-state index contributed by atoms with van der Waals surface area (Å²) in [4.78, 5) is 15.3. The molecule has 0 radical (unpaired) electrons. The first-order valence-electron chi connectivity index (χ1n) is 5.79. The van der Waals surface area contributed by atoms with Gasteiger partial charge in [0, 0.05) is 11.4 Å². The van der Waals surface area contributed by atoms with Gasteiger partial charge in [-0.25, -0.2) is 4.98 Å². The Morgan fingerprint density at radius 3 is 2.19 bits per heavy atom. The maximum absolute atomic E-state index is 12.5. The molecule has 0 aliphatic rings. The number of pyridine rings is 1. The zero-order valence-electron chi connectivity index (χ0n) is 10.4. The van der Waals surface area contributed by atoms with Gasteiger partial charge in [0.1, 0.15) is 10.8 Å². The van der Waals surface area contributed by atoms with Crippen LogP contribution in [0.3, 0.4) is 0 Å². The van der Waals surface area contributed by atoms with Crippen LogP contribution in [0, 0.1) is 0 Å². The van der Waals surface area contributed by atoms with E-state index in [2.05, 4.69) is 4.98 Å². The van der Waals surface area contributed by atoms with Gasteiger partial charge in [0.2, 0.25) is 0 Å². The van der Waals surface area contributed by atoms with Gasteiger partial charge in [-0.1, -0.05) is 35.3 Å². The van der Waals surface area contributed by atoms with Crippen molar-refractivity contribution in [3.63, 3.8) is 0 Å². The molecule has 110 valence electrons. The molecule has 0 spiro atoms. The number of ketones is 1. The summed E-state index contributed by atoms with van der Waals surface area (Å²) in [7, 11) is 0. The molecule has 0 bridgehead atoms. The molecule has 0 amide bonds. The van der Waals surface area contributed by atoms with Crippen LogP contribution in [0.2, 0.25) is 10.2 Å². The lowest BCUT2D eigenvalue weighted by Crippen LogP contribution is -2.11. The van der Waals surface area contributed by atoms with Crippen molar-refractivity contribution in [2.75, 3.05) is 0 Å². The normalized spacial score (nSPS) is 11.5. The molecule has 2 rings (SSSR count). The summed E-state index contributed by atoms with van der Waals surface area (Å²) in [5.41, 5.74) is -0.490. The van der Waals surface area contributed by atoms with Crippen LogP contribution < -0.4 is 0 Å². The predicted octanol–water partition coefficient (Wildman–Crippen LogP) is 4.83. The maximum Gasteiger partial charge on any atom is 0.433 e. The molecule has 0 saturated heterocycles. The highest BCUT2D eigenvalue weighted by atomic mass is 35.5. The Labute approximate surface area is 128 Å². The Morgan fingerprint density at radius 2 is 1.67 bits per heavy atom. The van der Waals surface area contributed by atoms with Crippen molar-refractivity contribution in [3.05, 3.63) is 63.4 Å². The molecule has 0 unspecified atom stereocenters. The smallest absolute Gasteiger partial charge is 0.294 e. The van der Waals surface area contributed by atoms with Crippen LogP contribution in [0.5, 0.6) is 0 Å². The van der Waals surface area contributed by atoms with Crippen molar-refractivity contribution in [1.29, 1.82) is 0 Å². The molecule has 1 aromatic carbocycles. The van der Waals surface area contributed by atoms with Gasteiger partial charge in [-0.2, -0.15) is 13.2 Å². The predicted molar refractivity (Wildman–Crippen MR) is 73.7 cm³/mol. The van der Waals surface area contributed by atoms with Crippen LogP contribution in [0.4, 0.5) is 13.2 Å². The molecule has 7 heteroatoms. The van der Waals surface area contributed by atoms with Crippen LogP contribution in [-0.2, 0) is 12.6 Å². The number of alkyl halides is 3. The first kappa shape index (κ1) is 15.8. The Kier molecular flexibility index (Phi) is 4.54. The van der Waals surface area contributed by atoms with E-state index in [1.165, 1.54) is 0 Å². The lowest BCUT2D eigenvalue weighted by atomic mass is 10.0. The summed E-state index contributed by atoms with van der Waals surface area (Å²) in [6.07, 6.45) is -4.59. The van der Waals surface area contributed by atoms with Gasteiger partial charge in [-0.15, -0.1) is 0 Å². The minimum atomic E-state index is -4.60. The molecule has 0 aliphatic carbocycles. The number of halogens is 5. The van der Waals surface area contributed by atoms with Gasteiger partial charge >= 0.3 is 6.18 Å². The van der Waals surface area contributed by atoms with Crippen LogP contribution in [0.25, 0.3) is 0 Å². The minimum absolute atomic E-state index is 0.00390. The first-order chi connectivity index (χ1) is 9.77. The van der Waals surface area contributed by atoms with Crippen LogP contribution in [-0.4, -0.2) is 10.8 Å². The fourth-order valence-corrected chi connectivity index (χ4v) is 2.07. The van der Waals surface area contributed by atoms with Crippen molar-refractivity contribution >= 4 is 29.0 Å². The average Bonchev–Trinajstić information content (AvgIpc) is 2.40. The van der Waals surface area contributed by atoms with Crippen LogP contribution >= 0.6 is 23.2 Å². The third kappa shape index (κ3) is 3.95. The maximum atomic E-state index is 12.5. The molecule has 0 saturated carbocycles. The number of nitrogens with zero attached hydrogens (tertiary/aromatic N) is 1. The van der Waals surface area contributed by atoms with Crippen molar-refractivity contribution in [1.82, 2.24) is 4.98 Å². The van der Waals surface area contributed by atoms with E-state index in [1.807, 2.05) is 0 Å². The molecule has 2 nitrogen and oxygen atoms in total. The molecular formula is C14H8Cl2F3NO. The number of carbonyl (C=O) groups excluding carboxylic acids is 1. The third-order valence-electron chi connectivity index (χ3n) is 2.72. The van der Waals surface area contributed by atoms with Gasteiger partial charge in [-0.05, 0) is 29.8 Å². The van der Waals surface area contributed by atoms with Crippen LogP contribution in [0.1, 0.15) is 21.6 Å². The number of hydrogen-bond acceptors (Lipinski definition) is 2. The molecule has 0 fully saturated rings. The molecule has 0 aliphatic heterocycles. The second-order valence-electron chi connectivity index (χ2n) is 4.26. The molecular weight excluding hydrogens is 326 g/mol. The zero-order valence-corrected chi connectivity index (χ0v) is 11.9. The van der Waals surface area contributed by atoms with Gasteiger partial charge in [-0.3, -0.25) is 4.79 Å². The van der Waals surface area contributed by atoms with Crippen molar-refractivity contribution < 1.29 is 18.0 Å². The number of aromatic nitrogens is 1. The summed E-state index contributed by atoms with van der Waals surface area (Å²) in [6.45, 7) is 0. The number of benzene rings is 1. The number of Topliss-reactive ketones (excluding diaryl/α,β-unsaturated/α-hetero) is 1. The standard InChI is InChI=1S/C14H8Cl2F3NO/c15-9-3-1-8(2-4-9)7-11(21)10-5-6-12(14(17,18)19)20-13(10)16/h1-6H,7H2. The summed E-state index contributed by atoms with van der Waals surface area (Å²) < 4.78 is 37.4. The lowest BCUT2D eigenvalue weighted by Gasteiger charge is -2.08. The van der Waals surface area contributed by atoms with E-state index >= 15 is 0 Å². The van der Waals surface area contributed by atoms with E-state index in [-0.39, 0.29) is 12.0 Å². The molecule has 2 aromatic rings. The van der Waals surface area contributed by atoms with E-state index in [0.29, 0.717) is 10.6 Å². The second-order valence-corrected chi connectivity index (χ2v) is 5.05. The van der Waals surface area contributed by atoms with E-state index in [9.17, 15) is 18.0 Å². The molecule has 1 aromatic heterocycles. The third-order valence-corrected chi connectivity index (χ3v) is 3.26. The number of rotatable bonds is 3. The van der Waals surface area contributed by atoms with E-state index < -0.39 is 22.8 Å². The second kappa shape index (κ2) is 6.03. The summed E-state index contributed by atoms with van der Waals surface area (Å²) in [5, 5.41) is 0.0733. The van der Waals surface area contributed by atoms with E-state index in [0.717, 1.165) is 12.1 Å². The Hall–Kier alpha value is -1.59.